The van der Waals surface area contributed by atoms with Crippen LogP contribution in [0.2, 0.25) is 0 Å². The second-order valence-corrected chi connectivity index (χ2v) is 6.51. The Balaban J connectivity index is 1.74. The summed E-state index contributed by atoms with van der Waals surface area (Å²) in [6.45, 7) is 5.16. The molecule has 0 aliphatic carbocycles. The van der Waals surface area contributed by atoms with Crippen molar-refractivity contribution < 1.29 is 9.53 Å². The van der Waals surface area contributed by atoms with Gasteiger partial charge < -0.3 is 10.1 Å². The first-order valence-electron chi connectivity index (χ1n) is 8.82. The monoisotopic (exact) mass is 360 g/mol. The molecular formula is C21H20N4O2. The Hall–Kier alpha value is -3.41. The van der Waals surface area contributed by atoms with Crippen LogP contribution in [0.3, 0.4) is 0 Å². The molecule has 6 heteroatoms. The van der Waals surface area contributed by atoms with Crippen LogP contribution in [0.1, 0.15) is 27.0 Å². The van der Waals surface area contributed by atoms with E-state index in [1.54, 1.807) is 23.0 Å². The van der Waals surface area contributed by atoms with Gasteiger partial charge in [-0.25, -0.2) is 9.67 Å². The van der Waals surface area contributed by atoms with Gasteiger partial charge in [0.1, 0.15) is 12.4 Å². The van der Waals surface area contributed by atoms with Crippen molar-refractivity contribution in [3.63, 3.8) is 0 Å². The van der Waals surface area contributed by atoms with E-state index in [0.717, 1.165) is 16.8 Å². The quantitative estimate of drug-likeness (QED) is 0.774. The number of nitrogens with zero attached hydrogens (tertiary/aromatic N) is 3. The number of hydrogen-bond donors (Lipinski definition) is 1. The first kappa shape index (κ1) is 17.0. The van der Waals surface area contributed by atoms with E-state index in [2.05, 4.69) is 15.4 Å². The number of aromatic nitrogens is 2. The Morgan fingerprint density at radius 3 is 2.33 bits per heavy atom. The predicted octanol–water partition coefficient (Wildman–Crippen LogP) is 3.52. The SMILES string of the molecule is Cc1ccc(C(=O)Nc2c(C3=NCCO3)cnn2-c2ccc(C)cc2)cc1. The summed E-state index contributed by atoms with van der Waals surface area (Å²) in [5.74, 6) is 0.848. The lowest BCUT2D eigenvalue weighted by Gasteiger charge is -2.12. The van der Waals surface area contributed by atoms with Crippen molar-refractivity contribution in [3.8, 4) is 5.69 Å². The van der Waals surface area contributed by atoms with Crippen LogP contribution in [0.4, 0.5) is 5.82 Å². The molecule has 0 unspecified atom stereocenters. The fourth-order valence-electron chi connectivity index (χ4n) is 2.89. The Labute approximate surface area is 157 Å². The van der Waals surface area contributed by atoms with Crippen molar-refractivity contribution in [2.75, 3.05) is 18.5 Å². The second kappa shape index (κ2) is 7.07. The molecule has 27 heavy (non-hydrogen) atoms. The zero-order chi connectivity index (χ0) is 18.8. The summed E-state index contributed by atoms with van der Waals surface area (Å²) >= 11 is 0. The van der Waals surface area contributed by atoms with Crippen LogP contribution < -0.4 is 5.32 Å². The summed E-state index contributed by atoms with van der Waals surface area (Å²) in [7, 11) is 0. The molecule has 0 fully saturated rings. The van der Waals surface area contributed by atoms with Gasteiger partial charge in [-0.3, -0.25) is 4.79 Å². The van der Waals surface area contributed by atoms with Gasteiger partial charge in [-0.15, -0.1) is 0 Å². The van der Waals surface area contributed by atoms with E-state index in [-0.39, 0.29) is 5.91 Å². The minimum Gasteiger partial charge on any atom is -0.475 e. The molecule has 1 aliphatic rings. The molecule has 1 N–H and O–H groups in total. The second-order valence-electron chi connectivity index (χ2n) is 6.51. The first-order valence-corrected chi connectivity index (χ1v) is 8.82. The highest BCUT2D eigenvalue weighted by molar-refractivity contribution is 6.08. The molecule has 1 aliphatic heterocycles. The molecule has 2 aromatic carbocycles. The van der Waals surface area contributed by atoms with E-state index in [1.165, 1.54) is 0 Å². The maximum absolute atomic E-state index is 12.8. The number of carbonyl (C=O) groups excluding carboxylic acids is 1. The minimum atomic E-state index is -0.205. The molecule has 0 saturated carbocycles. The van der Waals surface area contributed by atoms with Crippen molar-refractivity contribution in [2.45, 2.75) is 13.8 Å². The third-order valence-corrected chi connectivity index (χ3v) is 4.41. The zero-order valence-corrected chi connectivity index (χ0v) is 15.3. The molecule has 0 radical (unpaired) electrons. The van der Waals surface area contributed by atoms with Gasteiger partial charge in [-0.2, -0.15) is 5.10 Å². The van der Waals surface area contributed by atoms with E-state index >= 15 is 0 Å². The fourth-order valence-corrected chi connectivity index (χ4v) is 2.89. The molecule has 0 spiro atoms. The number of rotatable bonds is 4. The highest BCUT2D eigenvalue weighted by Gasteiger charge is 2.22. The van der Waals surface area contributed by atoms with Crippen LogP contribution in [0.25, 0.3) is 5.69 Å². The lowest BCUT2D eigenvalue weighted by Crippen LogP contribution is -2.17. The first-order chi connectivity index (χ1) is 13.1. The number of hydrogen-bond acceptors (Lipinski definition) is 4. The van der Waals surface area contributed by atoms with Crippen LogP contribution in [0.5, 0.6) is 0 Å². The van der Waals surface area contributed by atoms with Crippen molar-refractivity contribution in [1.82, 2.24) is 9.78 Å². The van der Waals surface area contributed by atoms with E-state index < -0.39 is 0 Å². The van der Waals surface area contributed by atoms with Gasteiger partial charge in [0.2, 0.25) is 5.90 Å². The molecule has 136 valence electrons. The summed E-state index contributed by atoms with van der Waals surface area (Å²) in [5.41, 5.74) is 4.36. The largest absolute Gasteiger partial charge is 0.475 e. The Bertz CT molecular complexity index is 1000. The molecular weight excluding hydrogens is 340 g/mol. The van der Waals surface area contributed by atoms with Crippen molar-refractivity contribution in [1.29, 1.82) is 0 Å². The van der Waals surface area contributed by atoms with E-state index in [0.29, 0.717) is 36.0 Å². The van der Waals surface area contributed by atoms with Gasteiger partial charge in [0.15, 0.2) is 0 Å². The molecule has 6 nitrogen and oxygen atoms in total. The number of amides is 1. The summed E-state index contributed by atoms with van der Waals surface area (Å²) in [4.78, 5) is 17.2. The van der Waals surface area contributed by atoms with Gasteiger partial charge in [0.25, 0.3) is 5.91 Å². The molecule has 0 atom stereocenters. The van der Waals surface area contributed by atoms with Crippen LogP contribution in [0, 0.1) is 13.8 Å². The standard InChI is InChI=1S/C21H20N4O2/c1-14-3-7-16(8-4-14)20(26)24-19-18(21-22-11-12-27-21)13-23-25(19)17-9-5-15(2)6-10-17/h3-10,13H,11-12H2,1-2H3,(H,24,26). The Morgan fingerprint density at radius 2 is 1.70 bits per heavy atom. The molecule has 4 rings (SSSR count). The highest BCUT2D eigenvalue weighted by Crippen LogP contribution is 2.24. The van der Waals surface area contributed by atoms with Crippen molar-refractivity contribution >= 4 is 17.6 Å². The number of benzene rings is 2. The molecule has 0 saturated heterocycles. The summed E-state index contributed by atoms with van der Waals surface area (Å²) < 4.78 is 7.30. The maximum Gasteiger partial charge on any atom is 0.256 e. The van der Waals surface area contributed by atoms with Crippen LogP contribution in [0.15, 0.2) is 59.7 Å². The van der Waals surface area contributed by atoms with Gasteiger partial charge in [0, 0.05) is 5.56 Å². The topological polar surface area (TPSA) is 68.5 Å². The summed E-state index contributed by atoms with van der Waals surface area (Å²) in [6.07, 6.45) is 1.68. The van der Waals surface area contributed by atoms with Gasteiger partial charge in [-0.05, 0) is 38.1 Å². The van der Waals surface area contributed by atoms with Gasteiger partial charge >= 0.3 is 0 Å². The van der Waals surface area contributed by atoms with E-state index in [4.69, 9.17) is 4.74 Å². The Kier molecular flexibility index (Phi) is 4.46. The van der Waals surface area contributed by atoms with Crippen LogP contribution in [-0.2, 0) is 4.74 Å². The third kappa shape index (κ3) is 3.46. The number of ether oxygens (including phenoxy) is 1. The maximum atomic E-state index is 12.8. The number of carbonyl (C=O) groups is 1. The smallest absolute Gasteiger partial charge is 0.256 e. The zero-order valence-electron chi connectivity index (χ0n) is 15.3. The van der Waals surface area contributed by atoms with Crippen LogP contribution >= 0.6 is 0 Å². The lowest BCUT2D eigenvalue weighted by atomic mass is 10.1. The number of aryl methyl sites for hydroxylation is 2. The van der Waals surface area contributed by atoms with E-state index in [1.807, 2.05) is 50.2 Å². The number of aliphatic imine (C=N–C) groups is 1. The molecule has 3 aromatic rings. The average Bonchev–Trinajstić information content (AvgIpc) is 3.33. The summed E-state index contributed by atoms with van der Waals surface area (Å²) in [6, 6.07) is 15.4. The number of anilines is 1. The predicted molar refractivity (Wildman–Crippen MR) is 105 cm³/mol. The lowest BCUT2D eigenvalue weighted by molar-refractivity contribution is 0.102. The normalized spacial score (nSPS) is 13.2. The molecule has 2 heterocycles. The van der Waals surface area contributed by atoms with Crippen LogP contribution in [-0.4, -0.2) is 34.7 Å². The Morgan fingerprint density at radius 1 is 1.04 bits per heavy atom. The van der Waals surface area contributed by atoms with E-state index in [9.17, 15) is 4.79 Å². The van der Waals surface area contributed by atoms with Gasteiger partial charge in [-0.1, -0.05) is 35.4 Å². The summed E-state index contributed by atoms with van der Waals surface area (Å²) in [5, 5.41) is 7.45. The van der Waals surface area contributed by atoms with Gasteiger partial charge in [0.05, 0.1) is 24.0 Å². The minimum absolute atomic E-state index is 0.205. The highest BCUT2D eigenvalue weighted by atomic mass is 16.5. The molecule has 1 amide bonds. The third-order valence-electron chi connectivity index (χ3n) is 4.41. The number of nitrogens with one attached hydrogen (secondary N) is 1. The fraction of sp³-hybridized carbons (Fsp3) is 0.190. The van der Waals surface area contributed by atoms with Crippen molar-refractivity contribution in [2.24, 2.45) is 4.99 Å². The molecule has 1 aromatic heterocycles. The average molecular weight is 360 g/mol. The molecule has 0 bridgehead atoms. The van der Waals surface area contributed by atoms with Crippen molar-refractivity contribution in [3.05, 3.63) is 77.0 Å².